The third kappa shape index (κ3) is 3.03. The van der Waals surface area contributed by atoms with Crippen molar-refractivity contribution in [2.24, 2.45) is 0 Å². The fourth-order valence-electron chi connectivity index (χ4n) is 1.53. The minimum atomic E-state index is -0.149. The number of aliphatic hydroxyl groups excluding tert-OH is 1. The molecule has 0 fully saturated rings. The lowest BCUT2D eigenvalue weighted by Crippen LogP contribution is -2.00. The molecule has 1 N–H and O–H groups in total. The van der Waals surface area contributed by atoms with Crippen LogP contribution >= 0.6 is 0 Å². The van der Waals surface area contributed by atoms with E-state index in [1.54, 1.807) is 12.3 Å². The summed E-state index contributed by atoms with van der Waals surface area (Å²) in [5.41, 5.74) is 2.04. The Morgan fingerprint density at radius 3 is 2.78 bits per heavy atom. The van der Waals surface area contributed by atoms with Gasteiger partial charge in [0.1, 0.15) is 5.69 Å². The van der Waals surface area contributed by atoms with Gasteiger partial charge in [-0.1, -0.05) is 35.5 Å². The highest BCUT2D eigenvalue weighted by Crippen LogP contribution is 2.08. The minimum Gasteiger partial charge on any atom is -0.390 e. The van der Waals surface area contributed by atoms with Crippen LogP contribution in [-0.4, -0.2) is 20.1 Å². The maximum atomic E-state index is 9.08. The Morgan fingerprint density at radius 2 is 2.17 bits per heavy atom. The fourth-order valence-corrected chi connectivity index (χ4v) is 1.53. The van der Waals surface area contributed by atoms with Gasteiger partial charge in [0, 0.05) is 0 Å². The van der Waals surface area contributed by atoms with Gasteiger partial charge >= 0.3 is 0 Å². The lowest BCUT2D eigenvalue weighted by molar-refractivity contribution is 0.276. The van der Waals surface area contributed by atoms with E-state index in [1.165, 1.54) is 4.68 Å². The van der Waals surface area contributed by atoms with E-state index in [4.69, 9.17) is 10.4 Å². The van der Waals surface area contributed by atoms with Crippen LogP contribution in [0, 0.1) is 11.3 Å². The molecular formula is C13H12N4O. The smallest absolute Gasteiger partial charge is 0.108 e. The number of nitriles is 1. The Balaban J connectivity index is 2.15. The summed E-state index contributed by atoms with van der Waals surface area (Å²) in [6, 6.07) is 11.8. The van der Waals surface area contributed by atoms with Crippen molar-refractivity contribution in [1.82, 2.24) is 15.0 Å². The molecular weight excluding hydrogens is 228 g/mol. The first-order chi connectivity index (χ1) is 8.81. The van der Waals surface area contributed by atoms with Crippen LogP contribution < -0.4 is 0 Å². The van der Waals surface area contributed by atoms with E-state index in [2.05, 4.69) is 16.4 Å². The van der Waals surface area contributed by atoms with Gasteiger partial charge in [-0.25, -0.2) is 4.68 Å². The molecule has 0 aliphatic carbocycles. The maximum absolute atomic E-state index is 9.08. The van der Waals surface area contributed by atoms with Gasteiger partial charge in [-0.3, -0.25) is 0 Å². The number of nitrogens with zero attached hydrogens (tertiary/aromatic N) is 4. The van der Waals surface area contributed by atoms with E-state index in [0.29, 0.717) is 17.8 Å². The largest absolute Gasteiger partial charge is 0.390 e. The highest BCUT2D eigenvalue weighted by atomic mass is 16.3. The SMILES string of the molecule is N#C/C(=C\c1ccccc1)Cn1cc(CO)nn1. The molecule has 18 heavy (non-hydrogen) atoms. The molecule has 0 bridgehead atoms. The number of aromatic nitrogens is 3. The molecule has 0 amide bonds. The van der Waals surface area contributed by atoms with Gasteiger partial charge in [-0.05, 0) is 11.6 Å². The van der Waals surface area contributed by atoms with Gasteiger partial charge in [-0.15, -0.1) is 5.10 Å². The Bertz CT molecular complexity index is 581. The first kappa shape index (κ1) is 12.0. The molecule has 0 aliphatic rings. The number of aliphatic hydroxyl groups is 1. The van der Waals surface area contributed by atoms with Crippen LogP contribution in [0.3, 0.4) is 0 Å². The van der Waals surface area contributed by atoms with Crippen molar-refractivity contribution in [1.29, 1.82) is 5.26 Å². The number of hydrogen-bond acceptors (Lipinski definition) is 4. The Hall–Kier alpha value is -2.45. The lowest BCUT2D eigenvalue weighted by atomic mass is 10.1. The van der Waals surface area contributed by atoms with Gasteiger partial charge in [-0.2, -0.15) is 5.26 Å². The molecule has 2 aromatic rings. The van der Waals surface area contributed by atoms with Crippen molar-refractivity contribution in [3.63, 3.8) is 0 Å². The molecule has 0 spiro atoms. The Morgan fingerprint density at radius 1 is 1.39 bits per heavy atom. The third-order valence-corrected chi connectivity index (χ3v) is 2.36. The average Bonchev–Trinajstić information content (AvgIpc) is 2.87. The maximum Gasteiger partial charge on any atom is 0.108 e. The topological polar surface area (TPSA) is 74.7 Å². The molecule has 0 aliphatic heterocycles. The second-order valence-corrected chi connectivity index (χ2v) is 3.76. The number of allylic oxidation sites excluding steroid dienone is 1. The Kier molecular flexibility index (Phi) is 3.84. The zero-order valence-corrected chi connectivity index (χ0v) is 9.69. The van der Waals surface area contributed by atoms with E-state index in [9.17, 15) is 0 Å². The molecule has 0 atom stereocenters. The average molecular weight is 240 g/mol. The Labute approximate surface area is 105 Å². The van der Waals surface area contributed by atoms with Crippen LogP contribution in [0.15, 0.2) is 42.1 Å². The molecule has 2 rings (SSSR count). The van der Waals surface area contributed by atoms with E-state index in [1.807, 2.05) is 30.3 Å². The van der Waals surface area contributed by atoms with E-state index < -0.39 is 0 Å². The van der Waals surface area contributed by atoms with E-state index >= 15 is 0 Å². The second-order valence-electron chi connectivity index (χ2n) is 3.76. The van der Waals surface area contributed by atoms with Gasteiger partial charge in [0.15, 0.2) is 0 Å². The standard InChI is InChI=1S/C13H12N4O/c14-7-12(6-11-4-2-1-3-5-11)8-17-9-13(10-18)15-16-17/h1-6,9,18H,8,10H2/b12-6+. The zero-order valence-electron chi connectivity index (χ0n) is 9.69. The monoisotopic (exact) mass is 240 g/mol. The summed E-state index contributed by atoms with van der Waals surface area (Å²) in [6.07, 6.45) is 3.43. The lowest BCUT2D eigenvalue weighted by Gasteiger charge is -1.99. The van der Waals surface area contributed by atoms with Crippen LogP contribution in [0.1, 0.15) is 11.3 Å². The van der Waals surface area contributed by atoms with Crippen molar-refractivity contribution < 1.29 is 5.11 Å². The van der Waals surface area contributed by atoms with Crippen LogP contribution in [0.4, 0.5) is 0 Å². The summed E-state index contributed by atoms with van der Waals surface area (Å²) >= 11 is 0. The van der Waals surface area contributed by atoms with Crippen molar-refractivity contribution >= 4 is 6.08 Å². The number of hydrogen-bond donors (Lipinski definition) is 1. The van der Waals surface area contributed by atoms with Crippen LogP contribution in [0.25, 0.3) is 6.08 Å². The van der Waals surface area contributed by atoms with Gasteiger partial charge < -0.3 is 5.11 Å². The van der Waals surface area contributed by atoms with Crippen molar-refractivity contribution in [2.75, 3.05) is 0 Å². The second kappa shape index (κ2) is 5.75. The highest BCUT2D eigenvalue weighted by Gasteiger charge is 2.02. The van der Waals surface area contributed by atoms with Gasteiger partial charge in [0.25, 0.3) is 0 Å². The number of benzene rings is 1. The highest BCUT2D eigenvalue weighted by molar-refractivity contribution is 5.56. The summed E-state index contributed by atoms with van der Waals surface area (Å²) < 4.78 is 1.53. The van der Waals surface area contributed by atoms with Crippen molar-refractivity contribution in [3.8, 4) is 6.07 Å². The van der Waals surface area contributed by atoms with Crippen molar-refractivity contribution in [3.05, 3.63) is 53.4 Å². The first-order valence-corrected chi connectivity index (χ1v) is 5.47. The molecule has 0 saturated carbocycles. The molecule has 90 valence electrons. The summed E-state index contributed by atoms with van der Waals surface area (Å²) in [5.74, 6) is 0. The minimum absolute atomic E-state index is 0.149. The summed E-state index contributed by atoms with van der Waals surface area (Å²) in [6.45, 7) is 0.197. The molecule has 1 aromatic carbocycles. The third-order valence-electron chi connectivity index (χ3n) is 2.36. The van der Waals surface area contributed by atoms with Crippen LogP contribution in [-0.2, 0) is 13.2 Å². The fraction of sp³-hybridized carbons (Fsp3) is 0.154. The summed E-state index contributed by atoms with van der Waals surface area (Å²) in [5, 5.41) is 25.6. The van der Waals surface area contributed by atoms with Crippen LogP contribution in [0.2, 0.25) is 0 Å². The van der Waals surface area contributed by atoms with Crippen molar-refractivity contribution in [2.45, 2.75) is 13.2 Å². The molecule has 1 heterocycles. The molecule has 5 nitrogen and oxygen atoms in total. The van der Waals surface area contributed by atoms with Gasteiger partial charge in [0.05, 0.1) is 31.0 Å². The zero-order chi connectivity index (χ0) is 12.8. The quantitative estimate of drug-likeness (QED) is 0.819. The first-order valence-electron chi connectivity index (χ1n) is 5.47. The van der Waals surface area contributed by atoms with Crippen LogP contribution in [0.5, 0.6) is 0 Å². The molecule has 1 aromatic heterocycles. The molecule has 0 radical (unpaired) electrons. The summed E-state index contributed by atoms with van der Waals surface area (Å²) in [7, 11) is 0. The summed E-state index contributed by atoms with van der Waals surface area (Å²) in [4.78, 5) is 0. The molecule has 0 saturated heterocycles. The van der Waals surface area contributed by atoms with Gasteiger partial charge in [0.2, 0.25) is 0 Å². The number of rotatable bonds is 4. The predicted octanol–water partition coefficient (Wildman–Crippen LogP) is 1.38. The molecule has 5 heteroatoms. The predicted molar refractivity (Wildman–Crippen MR) is 66.0 cm³/mol. The van der Waals surface area contributed by atoms with E-state index in [-0.39, 0.29) is 6.61 Å². The van der Waals surface area contributed by atoms with E-state index in [0.717, 1.165) is 5.56 Å². The normalized spacial score (nSPS) is 11.2. The molecule has 0 unspecified atom stereocenters.